The van der Waals surface area contributed by atoms with Crippen LogP contribution in [0.25, 0.3) is 10.9 Å². The van der Waals surface area contributed by atoms with Gasteiger partial charge in [0.05, 0.1) is 12.0 Å². The fraction of sp³-hybridized carbons (Fsp3) is 0.393. The van der Waals surface area contributed by atoms with Crippen LogP contribution in [0.1, 0.15) is 46.4 Å². The summed E-state index contributed by atoms with van der Waals surface area (Å²) in [7, 11) is 1.44. The Morgan fingerprint density at radius 2 is 1.85 bits per heavy atom. The maximum Gasteiger partial charge on any atom is 0.417 e. The van der Waals surface area contributed by atoms with E-state index in [1.54, 1.807) is 11.0 Å². The number of pyridine rings is 2. The number of carbonyl (C=O) groups is 3. The minimum Gasteiger partial charge on any atom is -0.357 e. The maximum atomic E-state index is 13.0. The topological polar surface area (TPSA) is 124 Å². The lowest BCUT2D eigenvalue weighted by molar-refractivity contribution is -0.138. The third-order valence-electron chi connectivity index (χ3n) is 7.20. The van der Waals surface area contributed by atoms with Crippen LogP contribution in [0.5, 0.6) is 0 Å². The Hall–Kier alpha value is -4.22. The molecule has 1 aliphatic heterocycles. The zero-order valence-electron chi connectivity index (χ0n) is 22.1. The van der Waals surface area contributed by atoms with E-state index in [0.717, 1.165) is 28.6 Å². The molecule has 0 bridgehead atoms. The number of likely N-dealkylation sites (N-methyl/N-ethyl adjacent to an activating group) is 1. The van der Waals surface area contributed by atoms with Gasteiger partial charge in [0.2, 0.25) is 17.4 Å². The molecule has 40 heavy (non-hydrogen) atoms. The number of aromatic nitrogens is 2. The van der Waals surface area contributed by atoms with Gasteiger partial charge in [-0.3, -0.25) is 24.2 Å². The molecule has 0 unspecified atom stereocenters. The Balaban J connectivity index is 1.33. The number of carbonyl (C=O) groups excluding carboxylic acids is 3. The second kappa shape index (κ2) is 11.9. The number of amides is 3. The van der Waals surface area contributed by atoms with Crippen molar-refractivity contribution in [2.24, 2.45) is 5.92 Å². The number of nitrogens with one attached hydrogen (secondary N) is 3. The van der Waals surface area contributed by atoms with Crippen LogP contribution in [0.2, 0.25) is 0 Å². The fourth-order valence-electron chi connectivity index (χ4n) is 4.95. The molecule has 212 valence electrons. The normalized spacial score (nSPS) is 15.1. The number of hydrogen-bond donors (Lipinski definition) is 3. The highest BCUT2D eigenvalue weighted by atomic mass is 19.4. The van der Waals surface area contributed by atoms with Gasteiger partial charge < -0.3 is 20.5 Å². The van der Waals surface area contributed by atoms with Crippen LogP contribution in [0.3, 0.4) is 0 Å². The van der Waals surface area contributed by atoms with Crippen LogP contribution in [0, 0.1) is 12.8 Å². The first-order valence-electron chi connectivity index (χ1n) is 12.9. The number of fused-ring (bicyclic) bond motifs is 1. The highest BCUT2D eigenvalue weighted by Crippen LogP contribution is 2.28. The van der Waals surface area contributed by atoms with Crippen molar-refractivity contribution in [3.63, 3.8) is 0 Å². The zero-order chi connectivity index (χ0) is 29.0. The number of alkyl halides is 3. The summed E-state index contributed by atoms with van der Waals surface area (Å²) in [5.41, 5.74) is 1.02. The van der Waals surface area contributed by atoms with Crippen molar-refractivity contribution in [2.45, 2.75) is 44.8 Å². The molecule has 2 aromatic heterocycles. The molecule has 1 aliphatic rings. The monoisotopic (exact) mass is 557 g/mol. The van der Waals surface area contributed by atoms with Crippen molar-refractivity contribution in [3.8, 4) is 0 Å². The molecule has 3 heterocycles. The van der Waals surface area contributed by atoms with E-state index in [2.05, 4.69) is 20.6 Å². The second-order valence-electron chi connectivity index (χ2n) is 10.0. The molecule has 0 saturated carbocycles. The number of aromatic amines is 1. The number of likely N-dealkylation sites (tertiary alicyclic amines) is 1. The minimum atomic E-state index is -4.57. The fourth-order valence-corrected chi connectivity index (χ4v) is 4.95. The van der Waals surface area contributed by atoms with Crippen LogP contribution in [0.15, 0.2) is 47.4 Å². The van der Waals surface area contributed by atoms with Crippen molar-refractivity contribution >= 4 is 28.6 Å². The summed E-state index contributed by atoms with van der Waals surface area (Å²) in [6.07, 6.45) is -2.20. The summed E-state index contributed by atoms with van der Waals surface area (Å²) in [6, 6.07) is 7.89. The van der Waals surface area contributed by atoms with Gasteiger partial charge in [-0.05, 0) is 67.5 Å². The van der Waals surface area contributed by atoms with Crippen LogP contribution in [-0.4, -0.2) is 58.8 Å². The standard InChI is InChI=1S/C28H30F3N5O4/c1-16-11-24(37)34-21-5-3-18(12-20(16)21)14-25(38)36-9-7-17(8-10-36)13-23(26(39)32-2)35-27(40)22-6-4-19(15-33-22)28(29,30)31/h3-6,11-12,15,17,23H,7-10,13-14H2,1-2H3,(H,32,39)(H,34,37)(H,35,40)/t23-/m0/s1. The van der Waals surface area contributed by atoms with Crippen LogP contribution < -0.4 is 16.2 Å². The number of halogens is 3. The molecule has 1 atom stereocenters. The van der Waals surface area contributed by atoms with E-state index in [-0.39, 0.29) is 29.5 Å². The number of piperidine rings is 1. The largest absolute Gasteiger partial charge is 0.417 e. The SMILES string of the molecule is CNC(=O)[C@H](CC1CCN(C(=O)Cc2ccc3[nH]c(=O)cc(C)c3c2)CC1)NC(=O)c1ccc(C(F)(F)F)cn1. The van der Waals surface area contributed by atoms with E-state index < -0.39 is 29.6 Å². The molecule has 1 fully saturated rings. The molecule has 1 saturated heterocycles. The molecule has 0 spiro atoms. The number of rotatable bonds is 7. The molecule has 1 aromatic carbocycles. The first kappa shape index (κ1) is 28.8. The Labute approximate surface area is 228 Å². The number of hydrogen-bond acceptors (Lipinski definition) is 5. The van der Waals surface area contributed by atoms with Gasteiger partial charge in [0, 0.05) is 43.3 Å². The predicted molar refractivity (Wildman–Crippen MR) is 141 cm³/mol. The first-order chi connectivity index (χ1) is 18.9. The van der Waals surface area contributed by atoms with Crippen molar-refractivity contribution < 1.29 is 27.6 Å². The van der Waals surface area contributed by atoms with Crippen molar-refractivity contribution in [1.29, 1.82) is 0 Å². The van der Waals surface area contributed by atoms with E-state index in [1.165, 1.54) is 13.1 Å². The third kappa shape index (κ3) is 6.85. The van der Waals surface area contributed by atoms with Gasteiger partial charge in [0.15, 0.2) is 0 Å². The van der Waals surface area contributed by atoms with Gasteiger partial charge in [0.25, 0.3) is 5.91 Å². The molecule has 9 nitrogen and oxygen atoms in total. The molecule has 3 amide bonds. The zero-order valence-corrected chi connectivity index (χ0v) is 22.1. The Kier molecular flexibility index (Phi) is 8.55. The lowest BCUT2D eigenvalue weighted by atomic mass is 9.89. The highest BCUT2D eigenvalue weighted by molar-refractivity contribution is 5.96. The summed E-state index contributed by atoms with van der Waals surface area (Å²) in [6.45, 7) is 2.85. The van der Waals surface area contributed by atoms with Crippen molar-refractivity contribution in [3.05, 3.63) is 75.3 Å². The van der Waals surface area contributed by atoms with Gasteiger partial charge in [-0.25, -0.2) is 0 Å². The lowest BCUT2D eigenvalue weighted by Gasteiger charge is -2.33. The Morgan fingerprint density at radius 1 is 1.12 bits per heavy atom. The molecule has 3 N–H and O–H groups in total. The smallest absolute Gasteiger partial charge is 0.357 e. The molecule has 0 radical (unpaired) electrons. The summed E-state index contributed by atoms with van der Waals surface area (Å²) in [5, 5.41) is 5.98. The second-order valence-corrected chi connectivity index (χ2v) is 10.0. The van der Waals surface area contributed by atoms with E-state index in [0.29, 0.717) is 44.1 Å². The number of aryl methyl sites for hydroxylation is 1. The molecule has 0 aliphatic carbocycles. The molecular formula is C28H30F3N5O4. The van der Waals surface area contributed by atoms with Gasteiger partial charge >= 0.3 is 6.18 Å². The van der Waals surface area contributed by atoms with Crippen LogP contribution in [-0.2, 0) is 22.2 Å². The van der Waals surface area contributed by atoms with Crippen molar-refractivity contribution in [2.75, 3.05) is 20.1 Å². The molecule has 12 heteroatoms. The minimum absolute atomic E-state index is 0.0237. The average molecular weight is 558 g/mol. The Bertz CT molecular complexity index is 1460. The first-order valence-corrected chi connectivity index (χ1v) is 12.9. The van der Waals surface area contributed by atoms with E-state index >= 15 is 0 Å². The van der Waals surface area contributed by atoms with Gasteiger partial charge in [-0.15, -0.1) is 0 Å². The summed E-state index contributed by atoms with van der Waals surface area (Å²) in [4.78, 5) is 57.9. The summed E-state index contributed by atoms with van der Waals surface area (Å²) >= 11 is 0. The number of H-pyrrole nitrogens is 1. The molecule has 3 aromatic rings. The highest BCUT2D eigenvalue weighted by Gasteiger charge is 2.32. The lowest BCUT2D eigenvalue weighted by Crippen LogP contribution is -2.48. The molecular weight excluding hydrogens is 527 g/mol. The quantitative estimate of drug-likeness (QED) is 0.412. The van der Waals surface area contributed by atoms with Crippen LogP contribution >= 0.6 is 0 Å². The van der Waals surface area contributed by atoms with Crippen LogP contribution in [0.4, 0.5) is 13.2 Å². The third-order valence-corrected chi connectivity index (χ3v) is 7.20. The predicted octanol–water partition coefficient (Wildman–Crippen LogP) is 2.97. The van der Waals surface area contributed by atoms with Gasteiger partial charge in [-0.2, -0.15) is 13.2 Å². The average Bonchev–Trinajstić information content (AvgIpc) is 2.92. The van der Waals surface area contributed by atoms with Gasteiger partial charge in [0.1, 0.15) is 11.7 Å². The van der Waals surface area contributed by atoms with Gasteiger partial charge in [-0.1, -0.05) is 6.07 Å². The van der Waals surface area contributed by atoms with E-state index in [4.69, 9.17) is 0 Å². The summed E-state index contributed by atoms with van der Waals surface area (Å²) < 4.78 is 38.4. The number of benzene rings is 1. The van der Waals surface area contributed by atoms with E-state index in [1.807, 2.05) is 19.1 Å². The van der Waals surface area contributed by atoms with E-state index in [9.17, 15) is 32.3 Å². The maximum absolute atomic E-state index is 13.0. The number of nitrogens with zero attached hydrogens (tertiary/aromatic N) is 2. The molecule has 4 rings (SSSR count). The summed E-state index contributed by atoms with van der Waals surface area (Å²) in [5.74, 6) is -1.15. The van der Waals surface area contributed by atoms with Crippen molar-refractivity contribution in [1.82, 2.24) is 25.5 Å². The Morgan fingerprint density at radius 3 is 2.48 bits per heavy atom.